The minimum atomic E-state index is 0.0325. The molecule has 3 rings (SSSR count). The Morgan fingerprint density at radius 2 is 1.91 bits per heavy atom. The molecule has 3 aromatic rings. The first kappa shape index (κ1) is 15.3. The van der Waals surface area contributed by atoms with E-state index in [1.54, 1.807) is 0 Å². The number of aromatic nitrogens is 1. The van der Waals surface area contributed by atoms with Crippen LogP contribution in [0.3, 0.4) is 0 Å². The molecule has 23 heavy (non-hydrogen) atoms. The van der Waals surface area contributed by atoms with Crippen LogP contribution in [-0.2, 0) is 4.79 Å². The lowest BCUT2D eigenvalue weighted by Gasteiger charge is -2.07. The van der Waals surface area contributed by atoms with E-state index in [0.29, 0.717) is 18.2 Å². The van der Waals surface area contributed by atoms with E-state index >= 15 is 0 Å². The van der Waals surface area contributed by atoms with Gasteiger partial charge in [0, 0.05) is 17.7 Å². The number of nitrogens with one attached hydrogen (secondary N) is 1. The van der Waals surface area contributed by atoms with E-state index in [9.17, 15) is 4.79 Å². The minimum absolute atomic E-state index is 0.0325. The van der Waals surface area contributed by atoms with Gasteiger partial charge in [-0.3, -0.25) is 4.79 Å². The molecule has 0 bridgehead atoms. The fourth-order valence-corrected chi connectivity index (χ4v) is 2.43. The number of fused-ring (bicyclic) bond motifs is 1. The van der Waals surface area contributed by atoms with E-state index in [1.165, 1.54) is 0 Å². The largest absolute Gasteiger partial charge is 0.436 e. The van der Waals surface area contributed by atoms with Crippen LogP contribution in [-0.4, -0.2) is 10.9 Å². The van der Waals surface area contributed by atoms with Gasteiger partial charge in [-0.2, -0.15) is 0 Å². The van der Waals surface area contributed by atoms with Crippen molar-refractivity contribution in [1.29, 1.82) is 0 Å². The number of hydrogen-bond acceptors (Lipinski definition) is 3. The van der Waals surface area contributed by atoms with Crippen LogP contribution in [0.25, 0.3) is 22.6 Å². The zero-order valence-corrected chi connectivity index (χ0v) is 13.6. The predicted molar refractivity (Wildman–Crippen MR) is 92.3 cm³/mol. The maximum atomic E-state index is 11.8. The van der Waals surface area contributed by atoms with Gasteiger partial charge in [-0.1, -0.05) is 19.9 Å². The molecule has 1 heterocycles. The van der Waals surface area contributed by atoms with Gasteiger partial charge < -0.3 is 9.73 Å². The monoisotopic (exact) mass is 308 g/mol. The standard InChI is InChI=1S/C19H20N2O2/c1-12(2)10-18(22)20-15-7-5-14(6-8-15)19-21-16-9-4-13(3)11-17(16)23-19/h4-9,11-12H,10H2,1-3H3,(H,20,22). The molecule has 1 amide bonds. The number of anilines is 1. The highest BCUT2D eigenvalue weighted by Crippen LogP contribution is 2.26. The smallest absolute Gasteiger partial charge is 0.227 e. The lowest BCUT2D eigenvalue weighted by Crippen LogP contribution is -2.13. The molecule has 0 saturated carbocycles. The van der Waals surface area contributed by atoms with Gasteiger partial charge in [0.1, 0.15) is 5.52 Å². The van der Waals surface area contributed by atoms with Gasteiger partial charge >= 0.3 is 0 Å². The third kappa shape index (κ3) is 3.59. The number of hydrogen-bond donors (Lipinski definition) is 1. The highest BCUT2D eigenvalue weighted by molar-refractivity contribution is 5.91. The summed E-state index contributed by atoms with van der Waals surface area (Å²) in [5.74, 6) is 0.966. The molecular weight excluding hydrogens is 288 g/mol. The summed E-state index contributed by atoms with van der Waals surface area (Å²) in [6.07, 6.45) is 0.520. The summed E-state index contributed by atoms with van der Waals surface area (Å²) >= 11 is 0. The molecule has 0 atom stereocenters. The van der Waals surface area contributed by atoms with E-state index in [0.717, 1.165) is 27.9 Å². The van der Waals surface area contributed by atoms with Gasteiger partial charge in [0.25, 0.3) is 0 Å². The summed E-state index contributed by atoms with van der Waals surface area (Å²) in [5, 5.41) is 2.90. The number of rotatable bonds is 4. The molecule has 4 nitrogen and oxygen atoms in total. The first-order chi connectivity index (χ1) is 11.0. The Hall–Kier alpha value is -2.62. The van der Waals surface area contributed by atoms with E-state index in [-0.39, 0.29) is 5.91 Å². The average molecular weight is 308 g/mol. The van der Waals surface area contributed by atoms with Gasteiger partial charge in [0.2, 0.25) is 11.8 Å². The number of oxazole rings is 1. The third-order valence-corrected chi connectivity index (χ3v) is 3.55. The van der Waals surface area contributed by atoms with Crippen molar-refractivity contribution in [3.05, 3.63) is 48.0 Å². The summed E-state index contributed by atoms with van der Waals surface area (Å²) in [6.45, 7) is 6.07. The van der Waals surface area contributed by atoms with E-state index in [1.807, 2.05) is 63.2 Å². The zero-order valence-electron chi connectivity index (χ0n) is 13.6. The van der Waals surface area contributed by atoms with Crippen LogP contribution in [0.5, 0.6) is 0 Å². The first-order valence-corrected chi connectivity index (χ1v) is 7.79. The quantitative estimate of drug-likeness (QED) is 0.754. The molecule has 0 fully saturated rings. The SMILES string of the molecule is Cc1ccc2nc(-c3ccc(NC(=O)CC(C)C)cc3)oc2c1. The summed E-state index contributed by atoms with van der Waals surface area (Å²) < 4.78 is 5.81. The highest BCUT2D eigenvalue weighted by Gasteiger charge is 2.09. The molecular formula is C19H20N2O2. The normalized spacial score (nSPS) is 11.1. The Morgan fingerprint density at radius 3 is 2.61 bits per heavy atom. The van der Waals surface area contributed by atoms with Crippen molar-refractivity contribution in [1.82, 2.24) is 4.98 Å². The third-order valence-electron chi connectivity index (χ3n) is 3.55. The van der Waals surface area contributed by atoms with Crippen molar-refractivity contribution < 1.29 is 9.21 Å². The van der Waals surface area contributed by atoms with Crippen molar-refractivity contribution >= 4 is 22.7 Å². The van der Waals surface area contributed by atoms with Crippen LogP contribution in [0.4, 0.5) is 5.69 Å². The Kier molecular flexibility index (Phi) is 4.15. The second-order valence-corrected chi connectivity index (χ2v) is 6.21. The fourth-order valence-electron chi connectivity index (χ4n) is 2.43. The zero-order chi connectivity index (χ0) is 16.4. The maximum Gasteiger partial charge on any atom is 0.227 e. The Labute approximate surface area is 135 Å². The predicted octanol–water partition coefficient (Wildman–Crippen LogP) is 4.79. The van der Waals surface area contributed by atoms with Crippen LogP contribution in [0.15, 0.2) is 46.9 Å². The lowest BCUT2D eigenvalue weighted by molar-refractivity contribution is -0.116. The van der Waals surface area contributed by atoms with Gasteiger partial charge in [0.05, 0.1) is 0 Å². The number of benzene rings is 2. The highest BCUT2D eigenvalue weighted by atomic mass is 16.3. The second-order valence-electron chi connectivity index (χ2n) is 6.21. The maximum absolute atomic E-state index is 11.8. The van der Waals surface area contributed by atoms with Crippen molar-refractivity contribution in [2.75, 3.05) is 5.32 Å². The van der Waals surface area contributed by atoms with Gasteiger partial charge in [-0.15, -0.1) is 0 Å². The molecule has 118 valence electrons. The van der Waals surface area contributed by atoms with E-state index in [2.05, 4.69) is 10.3 Å². The lowest BCUT2D eigenvalue weighted by atomic mass is 10.1. The van der Waals surface area contributed by atoms with Crippen molar-refractivity contribution in [3.8, 4) is 11.5 Å². The Balaban J connectivity index is 1.79. The summed E-state index contributed by atoms with van der Waals surface area (Å²) in [4.78, 5) is 16.3. The molecule has 0 aliphatic carbocycles. The number of nitrogens with zero attached hydrogens (tertiary/aromatic N) is 1. The van der Waals surface area contributed by atoms with Gasteiger partial charge in [0.15, 0.2) is 5.58 Å². The number of aryl methyl sites for hydroxylation is 1. The Morgan fingerprint density at radius 1 is 1.17 bits per heavy atom. The van der Waals surface area contributed by atoms with Crippen molar-refractivity contribution in [3.63, 3.8) is 0 Å². The molecule has 2 aromatic carbocycles. The fraction of sp³-hybridized carbons (Fsp3) is 0.263. The molecule has 4 heteroatoms. The Bertz CT molecular complexity index is 832. The molecule has 1 aromatic heterocycles. The molecule has 0 unspecified atom stereocenters. The molecule has 0 spiro atoms. The van der Waals surface area contributed by atoms with Crippen LogP contribution in [0.2, 0.25) is 0 Å². The van der Waals surface area contributed by atoms with Crippen LogP contribution < -0.4 is 5.32 Å². The van der Waals surface area contributed by atoms with Gasteiger partial charge in [-0.25, -0.2) is 4.98 Å². The summed E-state index contributed by atoms with van der Waals surface area (Å²) in [5.41, 5.74) is 4.45. The van der Waals surface area contributed by atoms with E-state index in [4.69, 9.17) is 4.42 Å². The van der Waals surface area contributed by atoms with Crippen molar-refractivity contribution in [2.24, 2.45) is 5.92 Å². The summed E-state index contributed by atoms with van der Waals surface area (Å²) in [6, 6.07) is 13.5. The number of carbonyl (C=O) groups is 1. The average Bonchev–Trinajstić information content (AvgIpc) is 2.90. The summed E-state index contributed by atoms with van der Waals surface area (Å²) in [7, 11) is 0. The van der Waals surface area contributed by atoms with E-state index < -0.39 is 0 Å². The number of carbonyl (C=O) groups excluding carboxylic acids is 1. The number of amides is 1. The van der Waals surface area contributed by atoms with Gasteiger partial charge in [-0.05, 0) is 54.8 Å². The van der Waals surface area contributed by atoms with Crippen LogP contribution in [0, 0.1) is 12.8 Å². The molecule has 0 saturated heterocycles. The first-order valence-electron chi connectivity index (χ1n) is 7.79. The molecule has 0 aliphatic heterocycles. The molecule has 0 radical (unpaired) electrons. The second kappa shape index (κ2) is 6.24. The van der Waals surface area contributed by atoms with Crippen LogP contribution in [0.1, 0.15) is 25.8 Å². The van der Waals surface area contributed by atoms with Crippen molar-refractivity contribution in [2.45, 2.75) is 27.2 Å². The van der Waals surface area contributed by atoms with Crippen LogP contribution >= 0.6 is 0 Å². The molecule has 1 N–H and O–H groups in total. The minimum Gasteiger partial charge on any atom is -0.436 e. The topological polar surface area (TPSA) is 55.1 Å². The molecule has 0 aliphatic rings.